The first-order valence-corrected chi connectivity index (χ1v) is 5.69. The van der Waals surface area contributed by atoms with Gasteiger partial charge in [-0.05, 0) is 6.92 Å². The molecule has 0 radical (unpaired) electrons. The third-order valence-corrected chi connectivity index (χ3v) is 2.49. The number of urea groups is 1. The number of methoxy groups -OCH3 is 1. The van der Waals surface area contributed by atoms with E-state index in [0.29, 0.717) is 0 Å². The molecular formula is C11H18N4O4. The van der Waals surface area contributed by atoms with Gasteiger partial charge < -0.3 is 20.5 Å². The zero-order chi connectivity index (χ0) is 14.4. The largest absolute Gasteiger partial charge is 0.480 e. The number of carbonyl (C=O) groups excluding carboxylic acids is 1. The normalized spacial score (nSPS) is 11.9. The third kappa shape index (κ3) is 4.59. The number of hydrogen-bond donors (Lipinski definition) is 3. The molecule has 0 aliphatic rings. The highest BCUT2D eigenvalue weighted by Gasteiger charge is 2.19. The summed E-state index contributed by atoms with van der Waals surface area (Å²) in [6, 6.07) is -1.63. The fraction of sp³-hybridized carbons (Fsp3) is 0.545. The molecule has 0 fully saturated rings. The summed E-state index contributed by atoms with van der Waals surface area (Å²) in [6.45, 7) is 2.03. The number of carboxylic acid groups (broad SMARTS) is 1. The highest BCUT2D eigenvalue weighted by atomic mass is 16.5. The first-order chi connectivity index (χ1) is 8.93. The van der Waals surface area contributed by atoms with Crippen LogP contribution >= 0.6 is 0 Å². The average molecular weight is 270 g/mol. The molecule has 1 rings (SSSR count). The van der Waals surface area contributed by atoms with Gasteiger partial charge in [0.15, 0.2) is 6.04 Å². The second kappa shape index (κ2) is 6.74. The first-order valence-electron chi connectivity index (χ1n) is 5.69. The lowest BCUT2D eigenvalue weighted by atomic mass is 10.2. The molecule has 0 saturated carbocycles. The summed E-state index contributed by atoms with van der Waals surface area (Å²) in [5, 5.41) is 17.9. The fourth-order valence-corrected chi connectivity index (χ4v) is 1.55. The van der Waals surface area contributed by atoms with Gasteiger partial charge in [-0.2, -0.15) is 5.10 Å². The van der Waals surface area contributed by atoms with Crippen LogP contribution in [0.2, 0.25) is 0 Å². The number of nitrogens with one attached hydrogen (secondary N) is 2. The Morgan fingerprint density at radius 2 is 2.26 bits per heavy atom. The molecule has 2 amide bonds. The fourth-order valence-electron chi connectivity index (χ4n) is 1.55. The van der Waals surface area contributed by atoms with Crippen LogP contribution in [0.25, 0.3) is 0 Å². The summed E-state index contributed by atoms with van der Waals surface area (Å²) in [7, 11) is 3.16. The molecule has 0 aromatic carbocycles. The van der Waals surface area contributed by atoms with Crippen LogP contribution < -0.4 is 10.6 Å². The summed E-state index contributed by atoms with van der Waals surface area (Å²) in [5.74, 6) is -1.14. The van der Waals surface area contributed by atoms with Gasteiger partial charge in [0.25, 0.3) is 0 Å². The molecule has 8 heteroatoms. The second-order valence-electron chi connectivity index (χ2n) is 4.09. The SMILES string of the molecule is COCC(NC(=O)NCc1cn(C)nc1C)C(=O)O. The van der Waals surface area contributed by atoms with Gasteiger partial charge in [-0.3, -0.25) is 4.68 Å². The van der Waals surface area contributed by atoms with Gasteiger partial charge in [-0.1, -0.05) is 0 Å². The van der Waals surface area contributed by atoms with Crippen molar-refractivity contribution in [1.29, 1.82) is 0 Å². The van der Waals surface area contributed by atoms with Crippen LogP contribution in [0.1, 0.15) is 11.3 Å². The molecule has 8 nitrogen and oxygen atoms in total. The maximum atomic E-state index is 11.6. The van der Waals surface area contributed by atoms with Crippen molar-refractivity contribution < 1.29 is 19.4 Å². The van der Waals surface area contributed by atoms with Crippen molar-refractivity contribution in [1.82, 2.24) is 20.4 Å². The molecule has 0 saturated heterocycles. The van der Waals surface area contributed by atoms with Crippen molar-refractivity contribution in [3.05, 3.63) is 17.5 Å². The number of aliphatic carboxylic acids is 1. The quantitative estimate of drug-likeness (QED) is 0.654. The predicted octanol–water partition coefficient (Wildman–Crippen LogP) is -0.373. The molecule has 1 atom stereocenters. The zero-order valence-electron chi connectivity index (χ0n) is 11.1. The van der Waals surface area contributed by atoms with Gasteiger partial charge in [-0.25, -0.2) is 9.59 Å². The molecule has 0 bridgehead atoms. The Hall–Kier alpha value is -2.09. The first kappa shape index (κ1) is 15.0. The van der Waals surface area contributed by atoms with Crippen LogP contribution in [0.5, 0.6) is 0 Å². The van der Waals surface area contributed by atoms with Crippen LogP contribution in [0, 0.1) is 6.92 Å². The molecule has 0 spiro atoms. The number of nitrogens with zero attached hydrogens (tertiary/aromatic N) is 2. The summed E-state index contributed by atoms with van der Waals surface area (Å²) in [6.07, 6.45) is 1.79. The van der Waals surface area contributed by atoms with Crippen LogP contribution in [0.4, 0.5) is 4.79 Å². The van der Waals surface area contributed by atoms with E-state index in [1.54, 1.807) is 17.9 Å². The maximum Gasteiger partial charge on any atom is 0.328 e. The van der Waals surface area contributed by atoms with Gasteiger partial charge in [0.1, 0.15) is 0 Å². The van der Waals surface area contributed by atoms with E-state index in [2.05, 4.69) is 15.7 Å². The number of aryl methyl sites for hydroxylation is 2. The summed E-state index contributed by atoms with van der Waals surface area (Å²) >= 11 is 0. The third-order valence-electron chi connectivity index (χ3n) is 2.49. The van der Waals surface area contributed by atoms with Crippen LogP contribution in [0.15, 0.2) is 6.20 Å². The molecule has 1 aromatic rings. The zero-order valence-corrected chi connectivity index (χ0v) is 11.1. The van der Waals surface area contributed by atoms with E-state index in [-0.39, 0.29) is 13.2 Å². The number of hydrogen-bond acceptors (Lipinski definition) is 4. The minimum Gasteiger partial charge on any atom is -0.480 e. The lowest BCUT2D eigenvalue weighted by Crippen LogP contribution is -2.48. The van der Waals surface area contributed by atoms with Crippen molar-refractivity contribution in [2.24, 2.45) is 7.05 Å². The van der Waals surface area contributed by atoms with E-state index in [1.165, 1.54) is 7.11 Å². The van der Waals surface area contributed by atoms with E-state index >= 15 is 0 Å². The average Bonchev–Trinajstić information content (AvgIpc) is 2.64. The lowest BCUT2D eigenvalue weighted by Gasteiger charge is -2.13. The monoisotopic (exact) mass is 270 g/mol. The Balaban J connectivity index is 2.47. The molecule has 0 aliphatic heterocycles. The number of amides is 2. The Morgan fingerprint density at radius 3 is 2.74 bits per heavy atom. The number of ether oxygens (including phenoxy) is 1. The Bertz CT molecular complexity index is 458. The van der Waals surface area contributed by atoms with Crippen LogP contribution in [0.3, 0.4) is 0 Å². The van der Waals surface area contributed by atoms with Crippen molar-refractivity contribution >= 4 is 12.0 Å². The highest BCUT2D eigenvalue weighted by Crippen LogP contribution is 2.03. The number of rotatable bonds is 6. The number of aromatic nitrogens is 2. The minimum absolute atomic E-state index is 0.0886. The minimum atomic E-state index is -1.14. The number of carbonyl (C=O) groups is 2. The molecule has 19 heavy (non-hydrogen) atoms. The van der Waals surface area contributed by atoms with Gasteiger partial charge in [0.05, 0.1) is 12.3 Å². The highest BCUT2D eigenvalue weighted by molar-refractivity contribution is 5.82. The Kier molecular flexibility index (Phi) is 5.31. The van der Waals surface area contributed by atoms with E-state index < -0.39 is 18.0 Å². The molecule has 1 aromatic heterocycles. The van der Waals surface area contributed by atoms with Crippen molar-refractivity contribution in [2.75, 3.05) is 13.7 Å². The molecular weight excluding hydrogens is 252 g/mol. The molecule has 1 heterocycles. The van der Waals surface area contributed by atoms with Crippen LogP contribution in [-0.4, -0.2) is 46.6 Å². The van der Waals surface area contributed by atoms with Gasteiger partial charge >= 0.3 is 12.0 Å². The van der Waals surface area contributed by atoms with Gasteiger partial charge in [0, 0.05) is 32.5 Å². The smallest absolute Gasteiger partial charge is 0.328 e. The van der Waals surface area contributed by atoms with Crippen LogP contribution in [-0.2, 0) is 23.1 Å². The van der Waals surface area contributed by atoms with E-state index in [0.717, 1.165) is 11.3 Å². The Morgan fingerprint density at radius 1 is 1.58 bits per heavy atom. The summed E-state index contributed by atoms with van der Waals surface area (Å²) < 4.78 is 6.36. The second-order valence-corrected chi connectivity index (χ2v) is 4.09. The summed E-state index contributed by atoms with van der Waals surface area (Å²) in [5.41, 5.74) is 1.69. The topological polar surface area (TPSA) is 105 Å². The lowest BCUT2D eigenvalue weighted by molar-refractivity contribution is -0.140. The molecule has 106 valence electrons. The number of carboxylic acids is 1. The standard InChI is InChI=1S/C11H18N4O4/c1-7-8(5-15(2)14-7)4-12-11(18)13-9(6-19-3)10(16)17/h5,9H,4,6H2,1-3H3,(H,16,17)(H2,12,13,18). The molecule has 1 unspecified atom stereocenters. The molecule has 3 N–H and O–H groups in total. The van der Waals surface area contributed by atoms with E-state index in [1.807, 2.05) is 6.92 Å². The van der Waals surface area contributed by atoms with E-state index in [4.69, 9.17) is 9.84 Å². The van der Waals surface area contributed by atoms with Gasteiger partial charge in [0.2, 0.25) is 0 Å². The van der Waals surface area contributed by atoms with Gasteiger partial charge in [-0.15, -0.1) is 0 Å². The predicted molar refractivity (Wildman–Crippen MR) is 66.6 cm³/mol. The maximum absolute atomic E-state index is 11.6. The summed E-state index contributed by atoms with van der Waals surface area (Å²) in [4.78, 5) is 22.4. The van der Waals surface area contributed by atoms with E-state index in [9.17, 15) is 9.59 Å². The van der Waals surface area contributed by atoms with Crippen molar-refractivity contribution in [2.45, 2.75) is 19.5 Å². The Labute approximate surface area is 110 Å². The van der Waals surface area contributed by atoms with Crippen molar-refractivity contribution in [3.8, 4) is 0 Å². The van der Waals surface area contributed by atoms with Crippen molar-refractivity contribution in [3.63, 3.8) is 0 Å². The molecule has 0 aliphatic carbocycles.